The smallest absolute Gasteiger partial charge is 0.224 e. The van der Waals surface area contributed by atoms with Gasteiger partial charge in [-0.25, -0.2) is 4.98 Å². The van der Waals surface area contributed by atoms with E-state index in [9.17, 15) is 0 Å². The number of aromatic nitrogens is 2. The second-order valence-electron chi connectivity index (χ2n) is 4.66. The zero-order valence-corrected chi connectivity index (χ0v) is 12.5. The van der Waals surface area contributed by atoms with E-state index in [1.54, 1.807) is 7.11 Å². The van der Waals surface area contributed by atoms with Gasteiger partial charge in [0.05, 0.1) is 12.6 Å². The van der Waals surface area contributed by atoms with Gasteiger partial charge in [0.25, 0.3) is 0 Å². The van der Waals surface area contributed by atoms with Crippen LogP contribution < -0.4 is 10.1 Å². The number of ether oxygens (including phenoxy) is 1. The first-order chi connectivity index (χ1) is 10.2. The molecule has 0 atom stereocenters. The lowest BCUT2D eigenvalue weighted by Gasteiger charge is -2.12. The first-order valence-corrected chi connectivity index (χ1v) is 6.89. The summed E-state index contributed by atoms with van der Waals surface area (Å²) in [6.45, 7) is 2.04. The number of fused-ring (bicyclic) bond motifs is 1. The predicted octanol–water partition coefficient (Wildman–Crippen LogP) is 4.34. The van der Waals surface area contributed by atoms with Gasteiger partial charge < -0.3 is 10.1 Å². The number of nitrogens with zero attached hydrogens (tertiary/aromatic N) is 2. The van der Waals surface area contributed by atoms with E-state index >= 15 is 0 Å². The number of benzene rings is 2. The first-order valence-electron chi connectivity index (χ1n) is 6.51. The van der Waals surface area contributed by atoms with Crippen LogP contribution in [0.25, 0.3) is 10.9 Å². The van der Waals surface area contributed by atoms with Crippen molar-refractivity contribution in [2.24, 2.45) is 0 Å². The minimum atomic E-state index is 0.212. The van der Waals surface area contributed by atoms with Gasteiger partial charge in [0.15, 0.2) is 0 Å². The maximum Gasteiger partial charge on any atom is 0.224 e. The number of methoxy groups -OCH3 is 1. The van der Waals surface area contributed by atoms with Gasteiger partial charge in [-0.3, -0.25) is 0 Å². The fourth-order valence-corrected chi connectivity index (χ4v) is 2.32. The number of aryl methyl sites for hydroxylation is 1. The lowest BCUT2D eigenvalue weighted by molar-refractivity contribution is 0.415. The molecule has 0 radical (unpaired) electrons. The van der Waals surface area contributed by atoms with Gasteiger partial charge in [0.2, 0.25) is 5.28 Å². The maximum atomic E-state index is 6.01. The van der Waals surface area contributed by atoms with Gasteiger partial charge in [-0.15, -0.1) is 0 Å². The molecule has 0 saturated heterocycles. The topological polar surface area (TPSA) is 47.0 Å². The van der Waals surface area contributed by atoms with Crippen LogP contribution in [-0.4, -0.2) is 17.1 Å². The summed E-state index contributed by atoms with van der Waals surface area (Å²) in [5.74, 6) is 1.42. The number of para-hydroxylation sites is 1. The van der Waals surface area contributed by atoms with Gasteiger partial charge in [0, 0.05) is 11.1 Å². The van der Waals surface area contributed by atoms with Crippen LogP contribution >= 0.6 is 11.6 Å². The van der Waals surface area contributed by atoms with Gasteiger partial charge in [-0.1, -0.05) is 18.2 Å². The quantitative estimate of drug-likeness (QED) is 0.731. The highest BCUT2D eigenvalue weighted by Gasteiger charge is 2.09. The summed E-state index contributed by atoms with van der Waals surface area (Å²) in [7, 11) is 1.63. The standard InChI is InChI=1S/C16H14ClN3O/c1-10-5-3-4-6-13(10)18-15-12-9-11(21-2)7-8-14(12)19-16(17)20-15/h3-9H,1-2H3,(H,18,19,20). The number of anilines is 2. The molecule has 0 aliphatic heterocycles. The second kappa shape index (κ2) is 5.58. The Hall–Kier alpha value is -2.33. The van der Waals surface area contributed by atoms with Crippen LogP contribution in [0, 0.1) is 6.92 Å². The Morgan fingerprint density at radius 1 is 1.10 bits per heavy atom. The van der Waals surface area contributed by atoms with Crippen molar-refractivity contribution in [1.29, 1.82) is 0 Å². The fourth-order valence-electron chi connectivity index (χ4n) is 2.14. The summed E-state index contributed by atoms with van der Waals surface area (Å²) >= 11 is 6.01. The molecule has 0 unspecified atom stereocenters. The molecule has 21 heavy (non-hydrogen) atoms. The molecule has 5 heteroatoms. The summed E-state index contributed by atoms with van der Waals surface area (Å²) in [5.41, 5.74) is 2.88. The van der Waals surface area contributed by atoms with Crippen LogP contribution in [-0.2, 0) is 0 Å². The van der Waals surface area contributed by atoms with Crippen molar-refractivity contribution in [3.63, 3.8) is 0 Å². The zero-order chi connectivity index (χ0) is 14.8. The van der Waals surface area contributed by atoms with E-state index in [1.165, 1.54) is 0 Å². The third kappa shape index (κ3) is 2.76. The average Bonchev–Trinajstić information content (AvgIpc) is 2.49. The minimum absolute atomic E-state index is 0.212. The largest absolute Gasteiger partial charge is 0.497 e. The summed E-state index contributed by atoms with van der Waals surface area (Å²) in [6.07, 6.45) is 0. The van der Waals surface area contributed by atoms with Crippen LogP contribution in [0.15, 0.2) is 42.5 Å². The van der Waals surface area contributed by atoms with Gasteiger partial charge in [-0.05, 0) is 48.4 Å². The molecule has 0 saturated carbocycles. The van der Waals surface area contributed by atoms with Gasteiger partial charge >= 0.3 is 0 Å². The van der Waals surface area contributed by atoms with E-state index in [0.717, 1.165) is 27.9 Å². The van der Waals surface area contributed by atoms with E-state index < -0.39 is 0 Å². The van der Waals surface area contributed by atoms with Crippen molar-refractivity contribution in [3.8, 4) is 5.75 Å². The van der Waals surface area contributed by atoms with Crippen LogP contribution in [0.1, 0.15) is 5.56 Å². The Kier molecular flexibility index (Phi) is 3.62. The number of hydrogen-bond acceptors (Lipinski definition) is 4. The number of nitrogens with one attached hydrogen (secondary N) is 1. The van der Waals surface area contributed by atoms with Gasteiger partial charge in [-0.2, -0.15) is 4.98 Å². The molecule has 0 spiro atoms. The highest BCUT2D eigenvalue weighted by molar-refractivity contribution is 6.28. The van der Waals surface area contributed by atoms with E-state index in [0.29, 0.717) is 5.82 Å². The van der Waals surface area contributed by atoms with E-state index in [4.69, 9.17) is 16.3 Å². The molecule has 2 aromatic carbocycles. The molecule has 3 rings (SSSR count). The second-order valence-corrected chi connectivity index (χ2v) is 5.00. The monoisotopic (exact) mass is 299 g/mol. The Morgan fingerprint density at radius 3 is 2.67 bits per heavy atom. The van der Waals surface area contributed by atoms with Crippen molar-refractivity contribution < 1.29 is 4.74 Å². The predicted molar refractivity (Wildman–Crippen MR) is 85.6 cm³/mol. The van der Waals surface area contributed by atoms with E-state index in [1.807, 2.05) is 49.4 Å². The highest BCUT2D eigenvalue weighted by Crippen LogP contribution is 2.29. The SMILES string of the molecule is COc1ccc2nc(Cl)nc(Nc3ccccc3C)c2c1. The molecule has 106 valence electrons. The number of rotatable bonds is 3. The fraction of sp³-hybridized carbons (Fsp3) is 0.125. The third-order valence-electron chi connectivity index (χ3n) is 3.27. The molecule has 3 aromatic rings. The number of halogens is 1. The molecule has 4 nitrogen and oxygen atoms in total. The maximum absolute atomic E-state index is 6.01. The molecule has 0 bridgehead atoms. The molecule has 1 aromatic heterocycles. The van der Waals surface area contributed by atoms with Crippen molar-refractivity contribution in [1.82, 2.24) is 9.97 Å². The highest BCUT2D eigenvalue weighted by atomic mass is 35.5. The summed E-state index contributed by atoms with van der Waals surface area (Å²) in [6, 6.07) is 13.6. The van der Waals surface area contributed by atoms with Crippen LogP contribution in [0.3, 0.4) is 0 Å². The van der Waals surface area contributed by atoms with Crippen molar-refractivity contribution >= 4 is 34.0 Å². The molecular weight excluding hydrogens is 286 g/mol. The lowest BCUT2D eigenvalue weighted by atomic mass is 10.2. The summed E-state index contributed by atoms with van der Waals surface area (Å²) < 4.78 is 5.27. The van der Waals surface area contributed by atoms with Gasteiger partial charge in [0.1, 0.15) is 11.6 Å². The molecule has 0 amide bonds. The Bertz CT molecular complexity index is 805. The minimum Gasteiger partial charge on any atom is -0.497 e. The molecule has 0 aliphatic carbocycles. The molecule has 0 fully saturated rings. The number of hydrogen-bond donors (Lipinski definition) is 1. The summed E-state index contributed by atoms with van der Waals surface area (Å²) in [5, 5.41) is 4.39. The molecule has 1 heterocycles. The van der Waals surface area contributed by atoms with Crippen molar-refractivity contribution in [2.45, 2.75) is 6.92 Å². The summed E-state index contributed by atoms with van der Waals surface area (Å²) in [4.78, 5) is 8.54. The van der Waals surface area contributed by atoms with Crippen LogP contribution in [0.5, 0.6) is 5.75 Å². The molecule has 0 aliphatic rings. The lowest BCUT2D eigenvalue weighted by Crippen LogP contribution is -1.99. The van der Waals surface area contributed by atoms with Crippen molar-refractivity contribution in [2.75, 3.05) is 12.4 Å². The van der Waals surface area contributed by atoms with E-state index in [2.05, 4.69) is 15.3 Å². The molecule has 1 N–H and O–H groups in total. The van der Waals surface area contributed by atoms with Crippen LogP contribution in [0.2, 0.25) is 5.28 Å². The van der Waals surface area contributed by atoms with Crippen molar-refractivity contribution in [3.05, 3.63) is 53.3 Å². The van der Waals surface area contributed by atoms with E-state index in [-0.39, 0.29) is 5.28 Å². The Morgan fingerprint density at radius 2 is 1.90 bits per heavy atom. The average molecular weight is 300 g/mol. The van der Waals surface area contributed by atoms with Crippen LogP contribution in [0.4, 0.5) is 11.5 Å². The normalized spacial score (nSPS) is 10.6. The molecular formula is C16H14ClN3O. The Balaban J connectivity index is 2.14. The Labute approximate surface area is 127 Å². The third-order valence-corrected chi connectivity index (χ3v) is 3.44. The zero-order valence-electron chi connectivity index (χ0n) is 11.7. The first kappa shape index (κ1) is 13.6.